The van der Waals surface area contributed by atoms with Crippen LogP contribution in [0.4, 0.5) is 0 Å². The molecular weight excluding hydrogens is 386 g/mol. The van der Waals surface area contributed by atoms with Crippen molar-refractivity contribution in [2.24, 2.45) is 5.92 Å². The smallest absolute Gasteiger partial charge is 0.226 e. The first-order valence-electron chi connectivity index (χ1n) is 10.1. The molecule has 4 rings (SSSR count). The highest BCUT2D eigenvalue weighted by Crippen LogP contribution is 2.30. The number of aryl methyl sites for hydroxylation is 1. The Morgan fingerprint density at radius 1 is 1.21 bits per heavy atom. The molecule has 0 spiro atoms. The molecule has 29 heavy (non-hydrogen) atoms. The molecule has 3 heterocycles. The van der Waals surface area contributed by atoms with E-state index in [1.165, 1.54) is 0 Å². The second kappa shape index (κ2) is 9.33. The summed E-state index contributed by atoms with van der Waals surface area (Å²) in [6, 6.07) is 13.7. The van der Waals surface area contributed by atoms with E-state index in [0.717, 1.165) is 23.3 Å². The van der Waals surface area contributed by atoms with E-state index in [2.05, 4.69) is 10.1 Å². The van der Waals surface area contributed by atoms with Gasteiger partial charge in [-0.05, 0) is 42.2 Å². The van der Waals surface area contributed by atoms with Gasteiger partial charge in [0.2, 0.25) is 17.6 Å². The minimum atomic E-state index is -0.455. The summed E-state index contributed by atoms with van der Waals surface area (Å²) in [6.45, 7) is 1.41. The number of rotatable bonds is 7. The molecule has 0 aliphatic carbocycles. The monoisotopic (exact) mass is 411 g/mol. The molecule has 1 unspecified atom stereocenters. The quantitative estimate of drug-likeness (QED) is 0.633. The van der Waals surface area contributed by atoms with Crippen LogP contribution in [-0.4, -0.2) is 39.1 Å². The summed E-state index contributed by atoms with van der Waals surface area (Å²) in [7, 11) is 0. The Morgan fingerprint density at radius 2 is 2.00 bits per heavy atom. The first-order valence-corrected chi connectivity index (χ1v) is 11.0. The molecule has 152 valence electrons. The molecule has 1 N–H and O–H groups in total. The zero-order chi connectivity index (χ0) is 20.1. The fourth-order valence-electron chi connectivity index (χ4n) is 3.80. The molecule has 6 nitrogen and oxygen atoms in total. The number of hydrogen-bond acceptors (Lipinski definition) is 6. The topological polar surface area (TPSA) is 79.5 Å². The number of aliphatic hydroxyl groups excluding tert-OH is 1. The van der Waals surface area contributed by atoms with Gasteiger partial charge in [0.15, 0.2) is 0 Å². The SMILES string of the molecule is O=C(CCCc1nc(-c2cccs2)no1)N1CCC(C(O)c2ccccc2)CC1. The number of amides is 1. The van der Waals surface area contributed by atoms with Crippen LogP contribution in [0.15, 0.2) is 52.4 Å². The van der Waals surface area contributed by atoms with Gasteiger partial charge < -0.3 is 14.5 Å². The van der Waals surface area contributed by atoms with Crippen LogP contribution in [0, 0.1) is 5.92 Å². The van der Waals surface area contributed by atoms with E-state index in [1.54, 1.807) is 11.3 Å². The number of nitrogens with zero attached hydrogens (tertiary/aromatic N) is 3. The van der Waals surface area contributed by atoms with Gasteiger partial charge >= 0.3 is 0 Å². The van der Waals surface area contributed by atoms with Crippen LogP contribution in [0.5, 0.6) is 0 Å². The third-order valence-electron chi connectivity index (χ3n) is 5.47. The van der Waals surface area contributed by atoms with Crippen LogP contribution in [-0.2, 0) is 11.2 Å². The first-order chi connectivity index (χ1) is 14.2. The Bertz CT molecular complexity index is 903. The molecule has 0 saturated carbocycles. The van der Waals surface area contributed by atoms with Gasteiger partial charge in [0.1, 0.15) is 0 Å². The van der Waals surface area contributed by atoms with Gasteiger partial charge in [0.05, 0.1) is 11.0 Å². The molecule has 2 aromatic heterocycles. The number of thiophene rings is 1. The zero-order valence-corrected chi connectivity index (χ0v) is 17.1. The average Bonchev–Trinajstić information content (AvgIpc) is 3.46. The van der Waals surface area contributed by atoms with Crippen LogP contribution < -0.4 is 0 Å². The van der Waals surface area contributed by atoms with Crippen molar-refractivity contribution in [2.75, 3.05) is 13.1 Å². The molecule has 1 amide bonds. The van der Waals surface area contributed by atoms with Crippen molar-refractivity contribution < 1.29 is 14.4 Å². The molecule has 1 aromatic carbocycles. The maximum Gasteiger partial charge on any atom is 0.226 e. The average molecular weight is 412 g/mol. The molecule has 1 atom stereocenters. The Kier molecular flexibility index (Phi) is 6.36. The Labute approximate surface area is 174 Å². The largest absolute Gasteiger partial charge is 0.388 e. The lowest BCUT2D eigenvalue weighted by atomic mass is 9.87. The van der Waals surface area contributed by atoms with Crippen molar-refractivity contribution in [3.05, 3.63) is 59.3 Å². The van der Waals surface area contributed by atoms with Gasteiger partial charge in [-0.15, -0.1) is 11.3 Å². The van der Waals surface area contributed by atoms with Crippen molar-refractivity contribution in [1.29, 1.82) is 0 Å². The van der Waals surface area contributed by atoms with Crippen molar-refractivity contribution in [1.82, 2.24) is 15.0 Å². The van der Waals surface area contributed by atoms with Crippen LogP contribution >= 0.6 is 11.3 Å². The molecular formula is C22H25N3O3S. The molecule has 7 heteroatoms. The first kappa shape index (κ1) is 19.8. The van der Waals surface area contributed by atoms with Crippen LogP contribution in [0.3, 0.4) is 0 Å². The predicted molar refractivity (Wildman–Crippen MR) is 111 cm³/mol. The van der Waals surface area contributed by atoms with Crippen molar-refractivity contribution in [2.45, 2.75) is 38.2 Å². The van der Waals surface area contributed by atoms with E-state index < -0.39 is 6.10 Å². The van der Waals surface area contributed by atoms with E-state index in [0.29, 0.717) is 44.1 Å². The highest BCUT2D eigenvalue weighted by molar-refractivity contribution is 7.13. The summed E-state index contributed by atoms with van der Waals surface area (Å²) in [5.74, 6) is 1.55. The third kappa shape index (κ3) is 4.92. The molecule has 1 aliphatic heterocycles. The lowest BCUT2D eigenvalue weighted by Crippen LogP contribution is -2.39. The second-order valence-corrected chi connectivity index (χ2v) is 8.36. The van der Waals surface area contributed by atoms with E-state index in [4.69, 9.17) is 4.52 Å². The normalized spacial score (nSPS) is 16.1. The summed E-state index contributed by atoms with van der Waals surface area (Å²) in [6.07, 6.45) is 2.97. The second-order valence-electron chi connectivity index (χ2n) is 7.42. The van der Waals surface area contributed by atoms with Crippen LogP contribution in [0.25, 0.3) is 10.7 Å². The fourth-order valence-corrected chi connectivity index (χ4v) is 4.45. The number of carbonyl (C=O) groups is 1. The molecule has 1 fully saturated rings. The summed E-state index contributed by atoms with van der Waals surface area (Å²) in [4.78, 5) is 19.8. The van der Waals surface area contributed by atoms with Crippen molar-refractivity contribution in [3.63, 3.8) is 0 Å². The minimum Gasteiger partial charge on any atom is -0.388 e. The summed E-state index contributed by atoms with van der Waals surface area (Å²) < 4.78 is 5.29. The van der Waals surface area contributed by atoms with Gasteiger partial charge in [0, 0.05) is 25.9 Å². The standard InChI is InChI=1S/C22H25N3O3S/c26-20(10-4-9-19-23-22(24-28-19)18-8-5-15-29-18)25-13-11-17(12-14-25)21(27)16-6-2-1-3-7-16/h1-3,5-8,15,17,21,27H,4,9-14H2. The minimum absolute atomic E-state index is 0.163. The predicted octanol–water partition coefficient (Wildman–Crippen LogP) is 4.09. The van der Waals surface area contributed by atoms with Crippen molar-refractivity contribution in [3.8, 4) is 10.7 Å². The Balaban J connectivity index is 1.20. The summed E-state index contributed by atoms with van der Waals surface area (Å²) in [5.41, 5.74) is 0.957. The van der Waals surface area contributed by atoms with Crippen molar-refractivity contribution >= 4 is 17.2 Å². The van der Waals surface area contributed by atoms with Gasteiger partial charge in [0.25, 0.3) is 0 Å². The van der Waals surface area contributed by atoms with Gasteiger partial charge in [-0.3, -0.25) is 4.79 Å². The summed E-state index contributed by atoms with van der Waals surface area (Å²) in [5, 5.41) is 16.6. The van der Waals surface area contributed by atoms with E-state index in [-0.39, 0.29) is 11.8 Å². The van der Waals surface area contributed by atoms with E-state index in [9.17, 15) is 9.90 Å². The lowest BCUT2D eigenvalue weighted by molar-refractivity contribution is -0.133. The van der Waals surface area contributed by atoms with Gasteiger partial charge in [-0.1, -0.05) is 41.6 Å². The maximum atomic E-state index is 12.5. The summed E-state index contributed by atoms with van der Waals surface area (Å²) >= 11 is 1.57. The number of hydrogen-bond donors (Lipinski definition) is 1. The van der Waals surface area contributed by atoms with E-state index in [1.807, 2.05) is 52.7 Å². The highest BCUT2D eigenvalue weighted by atomic mass is 32.1. The Morgan fingerprint density at radius 3 is 2.72 bits per heavy atom. The number of likely N-dealkylation sites (tertiary alicyclic amines) is 1. The molecule has 0 radical (unpaired) electrons. The number of benzene rings is 1. The number of aliphatic hydroxyl groups is 1. The van der Waals surface area contributed by atoms with Gasteiger partial charge in [-0.2, -0.15) is 4.98 Å². The lowest BCUT2D eigenvalue weighted by Gasteiger charge is -2.34. The van der Waals surface area contributed by atoms with Crippen LogP contribution in [0.1, 0.15) is 43.2 Å². The molecule has 1 saturated heterocycles. The fraction of sp³-hybridized carbons (Fsp3) is 0.409. The number of carbonyl (C=O) groups excluding carboxylic acids is 1. The maximum absolute atomic E-state index is 12.5. The molecule has 0 bridgehead atoms. The third-order valence-corrected chi connectivity index (χ3v) is 6.34. The van der Waals surface area contributed by atoms with Crippen LogP contribution in [0.2, 0.25) is 0 Å². The van der Waals surface area contributed by atoms with Gasteiger partial charge in [-0.25, -0.2) is 0 Å². The molecule has 3 aromatic rings. The number of aromatic nitrogens is 2. The molecule has 1 aliphatic rings. The van der Waals surface area contributed by atoms with E-state index >= 15 is 0 Å². The Hall–Kier alpha value is -2.51. The number of piperidine rings is 1. The zero-order valence-electron chi connectivity index (χ0n) is 16.2. The highest BCUT2D eigenvalue weighted by Gasteiger charge is 2.28.